The van der Waals surface area contributed by atoms with Gasteiger partial charge in [-0.2, -0.15) is 0 Å². The van der Waals surface area contributed by atoms with E-state index in [1.54, 1.807) is 12.1 Å². The van der Waals surface area contributed by atoms with Crippen molar-refractivity contribution in [3.8, 4) is 5.69 Å². The number of ketones is 1. The molecule has 30 heavy (non-hydrogen) atoms. The number of aldehydes is 1. The second-order valence-electron chi connectivity index (χ2n) is 8.48. The Labute approximate surface area is 174 Å². The average Bonchev–Trinajstić information content (AvgIpc) is 2.96. The number of carboxylic acid groups (broad SMARTS) is 1. The summed E-state index contributed by atoms with van der Waals surface area (Å²) >= 11 is 0. The highest BCUT2D eigenvalue weighted by Gasteiger charge is 2.35. The lowest BCUT2D eigenvalue weighted by atomic mass is 9.75. The van der Waals surface area contributed by atoms with Gasteiger partial charge in [0.05, 0.1) is 5.56 Å². The standard InChI is InChI=1S/C22H25N3O5/c1-12-11-25(17-9-22(2,3)10-18(27)19(12)17)13-4-5-14(20(23)28)16(8-13)24-15(6-7-26)21(29)30/h4-5,7-8,11,15,24H,6,9-10H2,1-3H3,(H2,23,28)(H,29,30). The third-order valence-electron chi connectivity index (χ3n) is 5.37. The van der Waals surface area contributed by atoms with Crippen LogP contribution in [-0.2, 0) is 16.0 Å². The van der Waals surface area contributed by atoms with Gasteiger partial charge < -0.3 is 25.5 Å². The molecule has 158 valence electrons. The van der Waals surface area contributed by atoms with Crippen LogP contribution in [0.1, 0.15) is 58.7 Å². The smallest absolute Gasteiger partial charge is 0.326 e. The summed E-state index contributed by atoms with van der Waals surface area (Å²) < 4.78 is 1.90. The first-order valence-electron chi connectivity index (χ1n) is 9.65. The molecule has 0 saturated heterocycles. The molecule has 8 nitrogen and oxygen atoms in total. The van der Waals surface area contributed by atoms with Crippen LogP contribution >= 0.6 is 0 Å². The lowest BCUT2D eigenvalue weighted by molar-refractivity contribution is -0.138. The molecule has 0 saturated carbocycles. The molecule has 1 aliphatic carbocycles. The normalized spacial score (nSPS) is 15.9. The predicted molar refractivity (Wildman–Crippen MR) is 111 cm³/mol. The zero-order chi connectivity index (χ0) is 22.2. The number of rotatable bonds is 7. The average molecular weight is 411 g/mol. The monoisotopic (exact) mass is 411 g/mol. The number of fused-ring (bicyclic) bond motifs is 1. The largest absolute Gasteiger partial charge is 0.480 e. The number of aryl methyl sites for hydroxylation is 1. The third kappa shape index (κ3) is 3.98. The Morgan fingerprint density at radius 3 is 2.63 bits per heavy atom. The Morgan fingerprint density at radius 1 is 1.33 bits per heavy atom. The van der Waals surface area contributed by atoms with Crippen molar-refractivity contribution in [1.82, 2.24) is 4.57 Å². The number of amides is 1. The topological polar surface area (TPSA) is 131 Å². The van der Waals surface area contributed by atoms with Crippen LogP contribution in [-0.4, -0.2) is 39.7 Å². The molecule has 0 fully saturated rings. The van der Waals surface area contributed by atoms with Crippen LogP contribution in [0.25, 0.3) is 5.69 Å². The number of carboxylic acids is 1. The van der Waals surface area contributed by atoms with Gasteiger partial charge in [-0.1, -0.05) is 13.8 Å². The zero-order valence-corrected chi connectivity index (χ0v) is 17.2. The molecule has 1 aromatic carbocycles. The number of primary amides is 1. The van der Waals surface area contributed by atoms with Crippen LogP contribution < -0.4 is 11.1 Å². The van der Waals surface area contributed by atoms with Gasteiger partial charge in [0.25, 0.3) is 5.91 Å². The summed E-state index contributed by atoms with van der Waals surface area (Å²) in [7, 11) is 0. The van der Waals surface area contributed by atoms with Crippen molar-refractivity contribution in [3.63, 3.8) is 0 Å². The van der Waals surface area contributed by atoms with E-state index in [9.17, 15) is 24.3 Å². The van der Waals surface area contributed by atoms with Crippen LogP contribution in [0.2, 0.25) is 0 Å². The van der Waals surface area contributed by atoms with Crippen LogP contribution in [0.3, 0.4) is 0 Å². The van der Waals surface area contributed by atoms with E-state index >= 15 is 0 Å². The van der Waals surface area contributed by atoms with Crippen LogP contribution in [0.5, 0.6) is 0 Å². The molecule has 1 aliphatic rings. The second-order valence-corrected chi connectivity index (χ2v) is 8.48. The summed E-state index contributed by atoms with van der Waals surface area (Å²) in [5.41, 5.74) is 8.73. The molecule has 1 amide bonds. The summed E-state index contributed by atoms with van der Waals surface area (Å²) in [6.45, 7) is 5.97. The Kier molecular flexibility index (Phi) is 5.52. The molecule has 0 spiro atoms. The zero-order valence-electron chi connectivity index (χ0n) is 17.2. The lowest BCUT2D eigenvalue weighted by Crippen LogP contribution is -2.31. The molecule has 0 radical (unpaired) electrons. The van der Waals surface area contributed by atoms with Crippen LogP contribution in [0.4, 0.5) is 5.69 Å². The van der Waals surface area contributed by atoms with Crippen LogP contribution in [0.15, 0.2) is 24.4 Å². The Balaban J connectivity index is 2.12. The fraction of sp³-hybridized carbons (Fsp3) is 0.364. The second kappa shape index (κ2) is 7.78. The first kappa shape index (κ1) is 21.3. The molecule has 4 N–H and O–H groups in total. The summed E-state index contributed by atoms with van der Waals surface area (Å²) in [6, 6.07) is 3.63. The first-order chi connectivity index (χ1) is 14.0. The maximum atomic E-state index is 12.7. The number of carbonyl (C=O) groups excluding carboxylic acids is 3. The number of aliphatic carboxylic acids is 1. The Bertz CT molecular complexity index is 1050. The van der Waals surface area contributed by atoms with E-state index in [-0.39, 0.29) is 28.9 Å². The molecule has 0 bridgehead atoms. The van der Waals surface area contributed by atoms with Gasteiger partial charge in [0.15, 0.2) is 5.78 Å². The number of Topliss-reactive ketones (excluding diaryl/α,β-unsaturated/α-hetero) is 1. The van der Waals surface area contributed by atoms with Crippen molar-refractivity contribution in [3.05, 3.63) is 46.8 Å². The van der Waals surface area contributed by atoms with Crippen molar-refractivity contribution in [2.24, 2.45) is 11.1 Å². The lowest BCUT2D eigenvalue weighted by Gasteiger charge is -2.30. The minimum Gasteiger partial charge on any atom is -0.480 e. The molecule has 2 aromatic rings. The van der Waals surface area contributed by atoms with Gasteiger partial charge in [-0.15, -0.1) is 0 Å². The van der Waals surface area contributed by atoms with Gasteiger partial charge in [-0.25, -0.2) is 4.79 Å². The first-order valence-corrected chi connectivity index (χ1v) is 9.65. The number of anilines is 1. The van der Waals surface area contributed by atoms with E-state index < -0.39 is 17.9 Å². The fourth-order valence-electron chi connectivity index (χ4n) is 4.03. The SMILES string of the molecule is Cc1cn(-c2ccc(C(N)=O)c(NC(CC=O)C(=O)O)c2)c2c1C(=O)CC(C)(C)C2. The van der Waals surface area contributed by atoms with Crippen molar-refractivity contribution in [2.45, 2.75) is 46.1 Å². The summed E-state index contributed by atoms with van der Waals surface area (Å²) in [6.07, 6.45) is 3.28. The number of aromatic nitrogens is 1. The van der Waals surface area contributed by atoms with Gasteiger partial charge in [0.2, 0.25) is 0 Å². The number of carbonyl (C=O) groups is 4. The number of benzene rings is 1. The molecule has 3 rings (SSSR count). The maximum absolute atomic E-state index is 12.7. The quantitative estimate of drug-likeness (QED) is 0.600. The third-order valence-corrected chi connectivity index (χ3v) is 5.37. The Hall–Kier alpha value is -3.42. The van der Waals surface area contributed by atoms with Crippen molar-refractivity contribution >= 4 is 29.6 Å². The number of hydrogen-bond donors (Lipinski definition) is 3. The van der Waals surface area contributed by atoms with Gasteiger partial charge in [-0.05, 0) is 42.5 Å². The predicted octanol–water partition coefficient (Wildman–Crippen LogP) is 2.49. The summed E-state index contributed by atoms with van der Waals surface area (Å²) in [5, 5.41) is 12.1. The highest BCUT2D eigenvalue weighted by molar-refractivity contribution is 6.01. The Morgan fingerprint density at radius 2 is 2.03 bits per heavy atom. The number of nitrogens with one attached hydrogen (secondary N) is 1. The molecule has 1 atom stereocenters. The van der Waals surface area contributed by atoms with Gasteiger partial charge in [0.1, 0.15) is 12.3 Å². The summed E-state index contributed by atoms with van der Waals surface area (Å²) in [4.78, 5) is 46.8. The highest BCUT2D eigenvalue weighted by Crippen LogP contribution is 2.38. The summed E-state index contributed by atoms with van der Waals surface area (Å²) in [5.74, 6) is -1.84. The van der Waals surface area contributed by atoms with Crippen molar-refractivity contribution in [2.75, 3.05) is 5.32 Å². The van der Waals surface area contributed by atoms with Gasteiger partial charge in [0, 0.05) is 41.7 Å². The maximum Gasteiger partial charge on any atom is 0.326 e. The molecule has 1 heterocycles. The molecule has 1 aromatic heterocycles. The molecule has 0 aliphatic heterocycles. The number of nitrogens with two attached hydrogens (primary N) is 1. The minimum absolute atomic E-state index is 0.0986. The highest BCUT2D eigenvalue weighted by atomic mass is 16.4. The van der Waals surface area contributed by atoms with Crippen molar-refractivity contribution < 1.29 is 24.3 Å². The number of nitrogens with zero attached hydrogens (tertiary/aromatic N) is 1. The van der Waals surface area contributed by atoms with Crippen molar-refractivity contribution in [1.29, 1.82) is 0 Å². The van der Waals surface area contributed by atoms with Gasteiger partial charge >= 0.3 is 5.97 Å². The van der Waals surface area contributed by atoms with E-state index in [0.717, 1.165) is 11.3 Å². The van der Waals surface area contributed by atoms with E-state index in [0.29, 0.717) is 30.4 Å². The van der Waals surface area contributed by atoms with Crippen LogP contribution in [0, 0.1) is 12.3 Å². The van der Waals surface area contributed by atoms with E-state index in [2.05, 4.69) is 5.32 Å². The number of hydrogen-bond acceptors (Lipinski definition) is 5. The van der Waals surface area contributed by atoms with E-state index in [4.69, 9.17) is 5.73 Å². The minimum atomic E-state index is -1.22. The molecular weight excluding hydrogens is 386 g/mol. The van der Waals surface area contributed by atoms with E-state index in [1.807, 2.05) is 31.5 Å². The van der Waals surface area contributed by atoms with Gasteiger partial charge in [-0.3, -0.25) is 9.59 Å². The molecule has 8 heteroatoms. The fourth-order valence-corrected chi connectivity index (χ4v) is 4.03. The molecule has 1 unspecified atom stereocenters. The molecular formula is C22H25N3O5. The van der Waals surface area contributed by atoms with E-state index in [1.165, 1.54) is 6.07 Å².